The van der Waals surface area contributed by atoms with Crippen LogP contribution in [0.15, 0.2) is 36.1 Å². The molecule has 1 spiro atoms. The molecule has 1 saturated carbocycles. The van der Waals surface area contributed by atoms with Crippen molar-refractivity contribution in [2.45, 2.75) is 31.6 Å². The van der Waals surface area contributed by atoms with Gasteiger partial charge < -0.3 is 4.74 Å². The average molecular weight is 186 g/mol. The maximum absolute atomic E-state index is 5.72. The summed E-state index contributed by atoms with van der Waals surface area (Å²) in [5, 5.41) is 0. The Hall–Kier alpha value is -1.24. The molecule has 1 fully saturated rings. The molecule has 0 atom stereocenters. The summed E-state index contributed by atoms with van der Waals surface area (Å²) in [5.74, 6) is 2.12. The van der Waals surface area contributed by atoms with Crippen molar-refractivity contribution in [3.05, 3.63) is 41.7 Å². The van der Waals surface area contributed by atoms with Crippen LogP contribution in [0.4, 0.5) is 0 Å². The molecule has 1 heterocycles. The normalized spacial score (nSPS) is 21.9. The van der Waals surface area contributed by atoms with E-state index in [1.54, 1.807) is 0 Å². The topological polar surface area (TPSA) is 9.23 Å². The Morgan fingerprint density at radius 2 is 2.00 bits per heavy atom. The molecule has 0 N–H and O–H groups in total. The van der Waals surface area contributed by atoms with Crippen LogP contribution in [0.1, 0.15) is 31.7 Å². The minimum absolute atomic E-state index is 0.318. The van der Waals surface area contributed by atoms with E-state index >= 15 is 0 Å². The number of rotatable bonds is 0. The molecule has 0 amide bonds. The second-order valence-corrected chi connectivity index (χ2v) is 4.36. The maximum atomic E-state index is 5.72. The maximum Gasteiger partial charge on any atom is 0.130 e. The lowest BCUT2D eigenvalue weighted by Crippen LogP contribution is -2.35. The van der Waals surface area contributed by atoms with Gasteiger partial charge in [-0.3, -0.25) is 0 Å². The molecular formula is C13H14O. The zero-order valence-electron chi connectivity index (χ0n) is 8.42. The van der Waals surface area contributed by atoms with E-state index in [-0.39, 0.29) is 0 Å². The molecule has 2 aliphatic rings. The van der Waals surface area contributed by atoms with E-state index in [1.165, 1.54) is 24.8 Å². The van der Waals surface area contributed by atoms with E-state index < -0.39 is 0 Å². The standard InChI is InChI=1S/C13H14O/c1-10-9-13(7-4-8-13)11-5-2-3-6-12(11)14-10/h2-3,5-6,9H,4,7-8H2,1H3. The molecule has 1 nitrogen and oxygen atoms in total. The monoisotopic (exact) mass is 186 g/mol. The molecule has 1 aliphatic carbocycles. The highest BCUT2D eigenvalue weighted by molar-refractivity contribution is 5.48. The SMILES string of the molecule is CC1=CC2(CCC2)c2ccccc2O1. The zero-order valence-corrected chi connectivity index (χ0v) is 8.42. The molecule has 14 heavy (non-hydrogen) atoms. The number of hydrogen-bond acceptors (Lipinski definition) is 1. The van der Waals surface area contributed by atoms with E-state index in [0.29, 0.717) is 5.41 Å². The van der Waals surface area contributed by atoms with Crippen molar-refractivity contribution < 1.29 is 4.74 Å². The van der Waals surface area contributed by atoms with Crippen LogP contribution in [0.2, 0.25) is 0 Å². The third-order valence-electron chi connectivity index (χ3n) is 3.42. The number of ether oxygens (including phenoxy) is 1. The largest absolute Gasteiger partial charge is 0.462 e. The first-order valence-corrected chi connectivity index (χ1v) is 5.27. The third kappa shape index (κ3) is 0.955. The van der Waals surface area contributed by atoms with Gasteiger partial charge >= 0.3 is 0 Å². The first-order chi connectivity index (χ1) is 6.80. The molecule has 1 heteroatoms. The van der Waals surface area contributed by atoms with Gasteiger partial charge in [0.1, 0.15) is 5.75 Å². The van der Waals surface area contributed by atoms with Crippen molar-refractivity contribution in [1.29, 1.82) is 0 Å². The summed E-state index contributed by atoms with van der Waals surface area (Å²) in [5.41, 5.74) is 1.70. The molecule has 1 aromatic rings. The van der Waals surface area contributed by atoms with Gasteiger partial charge in [0, 0.05) is 11.0 Å². The smallest absolute Gasteiger partial charge is 0.130 e. The van der Waals surface area contributed by atoms with Crippen LogP contribution in [0.5, 0.6) is 5.75 Å². The van der Waals surface area contributed by atoms with E-state index in [1.807, 2.05) is 6.07 Å². The van der Waals surface area contributed by atoms with E-state index in [0.717, 1.165) is 11.5 Å². The van der Waals surface area contributed by atoms with Crippen LogP contribution in [-0.4, -0.2) is 0 Å². The van der Waals surface area contributed by atoms with Gasteiger partial charge in [-0.1, -0.05) is 24.6 Å². The van der Waals surface area contributed by atoms with Crippen molar-refractivity contribution in [1.82, 2.24) is 0 Å². The lowest BCUT2D eigenvalue weighted by molar-refractivity contribution is 0.269. The van der Waals surface area contributed by atoms with Gasteiger partial charge in [-0.15, -0.1) is 0 Å². The first-order valence-electron chi connectivity index (χ1n) is 5.27. The van der Waals surface area contributed by atoms with Crippen LogP contribution in [0.25, 0.3) is 0 Å². The van der Waals surface area contributed by atoms with Crippen LogP contribution >= 0.6 is 0 Å². The fraction of sp³-hybridized carbons (Fsp3) is 0.385. The second kappa shape index (κ2) is 2.63. The molecule has 0 saturated heterocycles. The Morgan fingerprint density at radius 1 is 1.21 bits per heavy atom. The number of allylic oxidation sites excluding steroid dienone is 2. The van der Waals surface area contributed by atoms with E-state index in [2.05, 4.69) is 31.2 Å². The van der Waals surface area contributed by atoms with E-state index in [9.17, 15) is 0 Å². The number of hydrogen-bond donors (Lipinski definition) is 0. The highest BCUT2D eigenvalue weighted by Crippen LogP contribution is 2.51. The molecular weight excluding hydrogens is 172 g/mol. The summed E-state index contributed by atoms with van der Waals surface area (Å²) in [6.07, 6.45) is 6.21. The highest BCUT2D eigenvalue weighted by atomic mass is 16.5. The highest BCUT2D eigenvalue weighted by Gasteiger charge is 2.41. The summed E-state index contributed by atoms with van der Waals surface area (Å²) >= 11 is 0. The van der Waals surface area contributed by atoms with Crippen LogP contribution in [-0.2, 0) is 5.41 Å². The molecule has 0 bridgehead atoms. The minimum atomic E-state index is 0.318. The lowest BCUT2D eigenvalue weighted by atomic mass is 9.63. The lowest BCUT2D eigenvalue weighted by Gasteiger charge is -2.43. The predicted octanol–water partition coefficient (Wildman–Crippen LogP) is 3.40. The summed E-state index contributed by atoms with van der Waals surface area (Å²) in [6, 6.07) is 8.43. The summed E-state index contributed by atoms with van der Waals surface area (Å²) < 4.78 is 5.72. The fourth-order valence-corrected chi connectivity index (χ4v) is 2.61. The minimum Gasteiger partial charge on any atom is -0.462 e. The van der Waals surface area contributed by atoms with Gasteiger partial charge in [-0.25, -0.2) is 0 Å². The van der Waals surface area contributed by atoms with Gasteiger partial charge in [-0.2, -0.15) is 0 Å². The quantitative estimate of drug-likeness (QED) is 0.603. The van der Waals surface area contributed by atoms with Crippen LogP contribution in [0, 0.1) is 0 Å². The summed E-state index contributed by atoms with van der Waals surface area (Å²) in [6.45, 7) is 2.05. The van der Waals surface area contributed by atoms with Crippen molar-refractivity contribution in [3.8, 4) is 5.75 Å². The molecule has 3 rings (SSSR count). The van der Waals surface area contributed by atoms with Crippen molar-refractivity contribution in [2.75, 3.05) is 0 Å². The van der Waals surface area contributed by atoms with Gasteiger partial charge in [0.05, 0.1) is 5.76 Å². The molecule has 1 aromatic carbocycles. The van der Waals surface area contributed by atoms with Crippen molar-refractivity contribution >= 4 is 0 Å². The number of para-hydroxylation sites is 1. The summed E-state index contributed by atoms with van der Waals surface area (Å²) in [4.78, 5) is 0. The van der Waals surface area contributed by atoms with Crippen molar-refractivity contribution in [3.63, 3.8) is 0 Å². The second-order valence-electron chi connectivity index (χ2n) is 4.36. The number of fused-ring (bicyclic) bond motifs is 2. The molecule has 72 valence electrons. The number of benzene rings is 1. The molecule has 0 aromatic heterocycles. The Kier molecular flexibility index (Phi) is 1.52. The Morgan fingerprint density at radius 3 is 2.71 bits per heavy atom. The molecule has 1 aliphatic heterocycles. The van der Waals surface area contributed by atoms with Crippen LogP contribution in [0.3, 0.4) is 0 Å². The Labute approximate surface area is 84.4 Å². The van der Waals surface area contributed by atoms with Gasteiger partial charge in [0.15, 0.2) is 0 Å². The van der Waals surface area contributed by atoms with Gasteiger partial charge in [-0.05, 0) is 31.9 Å². The van der Waals surface area contributed by atoms with Gasteiger partial charge in [0.2, 0.25) is 0 Å². The van der Waals surface area contributed by atoms with E-state index in [4.69, 9.17) is 4.74 Å². The molecule has 0 radical (unpaired) electrons. The molecule has 0 unspecified atom stereocenters. The average Bonchev–Trinajstić information content (AvgIpc) is 2.14. The van der Waals surface area contributed by atoms with Gasteiger partial charge in [0.25, 0.3) is 0 Å². The Balaban J connectivity index is 2.17. The summed E-state index contributed by atoms with van der Waals surface area (Å²) in [7, 11) is 0. The zero-order chi connectivity index (χ0) is 9.60. The van der Waals surface area contributed by atoms with Crippen molar-refractivity contribution in [2.24, 2.45) is 0 Å². The third-order valence-corrected chi connectivity index (χ3v) is 3.42. The Bertz CT molecular complexity index is 399. The van der Waals surface area contributed by atoms with Crippen LogP contribution < -0.4 is 4.74 Å². The predicted molar refractivity (Wildman–Crippen MR) is 56.4 cm³/mol. The fourth-order valence-electron chi connectivity index (χ4n) is 2.61. The first kappa shape index (κ1) is 8.10.